The first-order chi connectivity index (χ1) is 8.10. The van der Waals surface area contributed by atoms with Gasteiger partial charge in [-0.25, -0.2) is 0 Å². The second kappa shape index (κ2) is 5.89. The molecule has 1 atom stereocenters. The third-order valence-electron chi connectivity index (χ3n) is 2.55. The SMILES string of the molecule is COc1c(C=O)cc(Cl)c(C(C)CO)c1OC. The molecule has 4 nitrogen and oxygen atoms in total. The van der Waals surface area contributed by atoms with Gasteiger partial charge in [-0.2, -0.15) is 0 Å². The van der Waals surface area contributed by atoms with E-state index < -0.39 is 0 Å². The van der Waals surface area contributed by atoms with Crippen LogP contribution >= 0.6 is 11.6 Å². The molecule has 17 heavy (non-hydrogen) atoms. The molecule has 0 bridgehead atoms. The molecule has 0 saturated carbocycles. The summed E-state index contributed by atoms with van der Waals surface area (Å²) in [5, 5.41) is 9.58. The standard InChI is InChI=1S/C12H15ClO4/c1-7(5-14)10-9(13)4-8(6-15)11(16-2)12(10)17-3/h4,6-7,14H,5H2,1-3H3. The van der Waals surface area contributed by atoms with E-state index in [1.807, 2.05) is 6.92 Å². The Labute approximate surface area is 105 Å². The van der Waals surface area contributed by atoms with Crippen LogP contribution in [0.15, 0.2) is 6.07 Å². The fourth-order valence-corrected chi connectivity index (χ4v) is 2.08. The summed E-state index contributed by atoms with van der Waals surface area (Å²) in [4.78, 5) is 10.9. The number of hydrogen-bond acceptors (Lipinski definition) is 4. The molecule has 94 valence electrons. The predicted molar refractivity (Wildman–Crippen MR) is 65.4 cm³/mol. The number of rotatable bonds is 5. The molecule has 0 fully saturated rings. The summed E-state index contributed by atoms with van der Waals surface area (Å²) >= 11 is 6.09. The fraction of sp³-hybridized carbons (Fsp3) is 0.417. The molecule has 1 unspecified atom stereocenters. The third kappa shape index (κ3) is 2.53. The van der Waals surface area contributed by atoms with Gasteiger partial charge in [-0.15, -0.1) is 0 Å². The highest BCUT2D eigenvalue weighted by Gasteiger charge is 2.22. The first kappa shape index (κ1) is 13.8. The van der Waals surface area contributed by atoms with Crippen LogP contribution in [-0.4, -0.2) is 32.2 Å². The number of methoxy groups -OCH3 is 2. The Kier molecular flexibility index (Phi) is 4.78. The quantitative estimate of drug-likeness (QED) is 0.823. The number of carbonyl (C=O) groups is 1. The van der Waals surface area contributed by atoms with Crippen LogP contribution in [0.3, 0.4) is 0 Å². The number of ether oxygens (including phenoxy) is 2. The Morgan fingerprint density at radius 3 is 2.41 bits per heavy atom. The highest BCUT2D eigenvalue weighted by atomic mass is 35.5. The van der Waals surface area contributed by atoms with Gasteiger partial charge in [0.15, 0.2) is 17.8 Å². The van der Waals surface area contributed by atoms with Crippen LogP contribution in [0.1, 0.15) is 28.8 Å². The number of aliphatic hydroxyl groups excluding tert-OH is 1. The second-order valence-electron chi connectivity index (χ2n) is 3.63. The molecule has 5 heteroatoms. The maximum atomic E-state index is 10.9. The van der Waals surface area contributed by atoms with Crippen LogP contribution in [0.4, 0.5) is 0 Å². The van der Waals surface area contributed by atoms with Crippen LogP contribution in [0.5, 0.6) is 11.5 Å². The van der Waals surface area contributed by atoms with Crippen molar-refractivity contribution in [1.82, 2.24) is 0 Å². The number of aliphatic hydroxyl groups is 1. The zero-order valence-electron chi connectivity index (χ0n) is 9.99. The van der Waals surface area contributed by atoms with Gasteiger partial charge < -0.3 is 14.6 Å². The van der Waals surface area contributed by atoms with E-state index in [1.165, 1.54) is 20.3 Å². The van der Waals surface area contributed by atoms with Crippen LogP contribution in [0.2, 0.25) is 5.02 Å². The number of benzene rings is 1. The maximum Gasteiger partial charge on any atom is 0.171 e. The lowest BCUT2D eigenvalue weighted by atomic mass is 9.98. The van der Waals surface area contributed by atoms with E-state index in [1.54, 1.807) is 0 Å². The van der Waals surface area contributed by atoms with E-state index in [0.29, 0.717) is 33.9 Å². The monoisotopic (exact) mass is 258 g/mol. The molecule has 0 spiro atoms. The summed E-state index contributed by atoms with van der Waals surface area (Å²) in [6.45, 7) is 1.74. The molecule has 0 amide bonds. The molecule has 1 aromatic rings. The van der Waals surface area contributed by atoms with Gasteiger partial charge in [0.05, 0.1) is 19.8 Å². The zero-order valence-corrected chi connectivity index (χ0v) is 10.7. The van der Waals surface area contributed by atoms with Crippen molar-refractivity contribution < 1.29 is 19.4 Å². The highest BCUT2D eigenvalue weighted by molar-refractivity contribution is 6.32. The normalized spacial score (nSPS) is 12.1. The molecular formula is C12H15ClO4. The molecule has 1 rings (SSSR count). The van der Waals surface area contributed by atoms with Crippen molar-refractivity contribution in [3.63, 3.8) is 0 Å². The highest BCUT2D eigenvalue weighted by Crippen LogP contribution is 2.42. The molecule has 0 heterocycles. The first-order valence-electron chi connectivity index (χ1n) is 5.11. The van der Waals surface area contributed by atoms with E-state index in [9.17, 15) is 9.90 Å². The van der Waals surface area contributed by atoms with E-state index in [2.05, 4.69) is 0 Å². The molecule has 0 aromatic heterocycles. The fourth-order valence-electron chi connectivity index (χ4n) is 1.69. The van der Waals surface area contributed by atoms with Crippen LogP contribution in [-0.2, 0) is 0 Å². The molecule has 1 N–H and O–H groups in total. The summed E-state index contributed by atoms with van der Waals surface area (Å²) < 4.78 is 10.4. The Hall–Kier alpha value is -1.26. The molecule has 1 aromatic carbocycles. The number of aldehydes is 1. The maximum absolute atomic E-state index is 10.9. The van der Waals surface area contributed by atoms with Crippen molar-refractivity contribution in [1.29, 1.82) is 0 Å². The van der Waals surface area contributed by atoms with Gasteiger partial charge in [-0.05, 0) is 6.07 Å². The van der Waals surface area contributed by atoms with Crippen LogP contribution in [0, 0.1) is 0 Å². The number of carbonyl (C=O) groups excluding carboxylic acids is 1. The van der Waals surface area contributed by atoms with Crippen molar-refractivity contribution in [2.45, 2.75) is 12.8 Å². The van der Waals surface area contributed by atoms with Gasteiger partial charge in [0.25, 0.3) is 0 Å². The van der Waals surface area contributed by atoms with Gasteiger partial charge in [-0.1, -0.05) is 18.5 Å². The Morgan fingerprint density at radius 2 is 2.00 bits per heavy atom. The van der Waals surface area contributed by atoms with Crippen molar-refractivity contribution in [2.75, 3.05) is 20.8 Å². The van der Waals surface area contributed by atoms with Crippen molar-refractivity contribution in [3.8, 4) is 11.5 Å². The average molecular weight is 259 g/mol. The lowest BCUT2D eigenvalue weighted by molar-refractivity contribution is 0.112. The molecule has 0 aliphatic heterocycles. The Balaban J connectivity index is 3.54. The minimum atomic E-state index is -0.202. The van der Waals surface area contributed by atoms with Crippen molar-refractivity contribution in [2.24, 2.45) is 0 Å². The van der Waals surface area contributed by atoms with Gasteiger partial charge in [0.2, 0.25) is 0 Å². The summed E-state index contributed by atoms with van der Waals surface area (Å²) in [6, 6.07) is 1.51. The van der Waals surface area contributed by atoms with Gasteiger partial charge in [0.1, 0.15) is 0 Å². The largest absolute Gasteiger partial charge is 0.492 e. The average Bonchev–Trinajstić information content (AvgIpc) is 2.36. The number of hydrogen-bond donors (Lipinski definition) is 1. The minimum Gasteiger partial charge on any atom is -0.492 e. The van der Waals surface area contributed by atoms with Crippen molar-refractivity contribution >= 4 is 17.9 Å². The Bertz CT molecular complexity index is 417. The summed E-state index contributed by atoms with van der Waals surface area (Å²) in [5.41, 5.74) is 0.961. The van der Waals surface area contributed by atoms with Gasteiger partial charge in [-0.3, -0.25) is 4.79 Å². The lowest BCUT2D eigenvalue weighted by Gasteiger charge is -2.19. The molecular weight excluding hydrogens is 244 g/mol. The summed E-state index contributed by atoms with van der Waals surface area (Å²) in [5.74, 6) is 0.526. The van der Waals surface area contributed by atoms with Gasteiger partial charge >= 0.3 is 0 Å². The second-order valence-corrected chi connectivity index (χ2v) is 4.04. The van der Waals surface area contributed by atoms with E-state index in [-0.39, 0.29) is 12.5 Å². The van der Waals surface area contributed by atoms with E-state index in [0.717, 1.165) is 0 Å². The molecule has 0 radical (unpaired) electrons. The molecule has 0 aliphatic rings. The number of halogens is 1. The first-order valence-corrected chi connectivity index (χ1v) is 5.48. The topological polar surface area (TPSA) is 55.8 Å². The van der Waals surface area contributed by atoms with Crippen LogP contribution < -0.4 is 9.47 Å². The predicted octanol–water partition coefficient (Wildman–Crippen LogP) is 2.27. The van der Waals surface area contributed by atoms with Crippen molar-refractivity contribution in [3.05, 3.63) is 22.2 Å². The third-order valence-corrected chi connectivity index (χ3v) is 2.87. The Morgan fingerprint density at radius 1 is 1.41 bits per heavy atom. The van der Waals surface area contributed by atoms with E-state index >= 15 is 0 Å². The minimum absolute atomic E-state index is 0.0698. The van der Waals surface area contributed by atoms with Gasteiger partial charge in [0, 0.05) is 23.1 Å². The molecule has 0 aliphatic carbocycles. The smallest absolute Gasteiger partial charge is 0.171 e. The summed E-state index contributed by atoms with van der Waals surface area (Å²) in [7, 11) is 2.92. The summed E-state index contributed by atoms with van der Waals surface area (Å²) in [6.07, 6.45) is 0.653. The molecule has 0 saturated heterocycles. The van der Waals surface area contributed by atoms with Crippen LogP contribution in [0.25, 0.3) is 0 Å². The zero-order chi connectivity index (χ0) is 13.0. The van der Waals surface area contributed by atoms with E-state index in [4.69, 9.17) is 21.1 Å². The lowest BCUT2D eigenvalue weighted by Crippen LogP contribution is -2.06.